The monoisotopic (exact) mass is 418 g/mol. The summed E-state index contributed by atoms with van der Waals surface area (Å²) in [5, 5.41) is 10.5. The fourth-order valence-electron chi connectivity index (χ4n) is 5.66. The third-order valence-electron chi connectivity index (χ3n) is 7.45. The minimum absolute atomic E-state index is 0.218. The van der Waals surface area contributed by atoms with Crippen molar-refractivity contribution in [2.45, 2.75) is 63.8 Å². The first-order chi connectivity index (χ1) is 15.1. The maximum atomic E-state index is 13.3. The predicted molar refractivity (Wildman–Crippen MR) is 124 cm³/mol. The smallest absolute Gasteiger partial charge is 0.222 e. The van der Waals surface area contributed by atoms with Gasteiger partial charge in [0.15, 0.2) is 0 Å². The lowest BCUT2D eigenvalue weighted by Crippen LogP contribution is -2.47. The highest BCUT2D eigenvalue weighted by molar-refractivity contribution is 5.87. The number of fused-ring (bicyclic) bond motifs is 1. The summed E-state index contributed by atoms with van der Waals surface area (Å²) in [5.74, 6) is 1.31. The summed E-state index contributed by atoms with van der Waals surface area (Å²) in [6, 6.07) is 10.5. The number of hydrogen-bond acceptors (Lipinski definition) is 4. The zero-order valence-corrected chi connectivity index (χ0v) is 18.9. The maximum Gasteiger partial charge on any atom is 0.222 e. The minimum Gasteiger partial charge on any atom is -0.339 e. The minimum atomic E-state index is 0.218. The van der Waals surface area contributed by atoms with Gasteiger partial charge in [-0.15, -0.1) is 0 Å². The van der Waals surface area contributed by atoms with Crippen LogP contribution in [0.4, 0.5) is 0 Å². The molecule has 2 aliphatic heterocycles. The summed E-state index contributed by atoms with van der Waals surface area (Å²) in [5.41, 5.74) is 2.64. The Morgan fingerprint density at radius 3 is 2.74 bits per heavy atom. The van der Waals surface area contributed by atoms with Gasteiger partial charge in [0.2, 0.25) is 5.91 Å². The second-order valence-corrected chi connectivity index (χ2v) is 9.31. The summed E-state index contributed by atoms with van der Waals surface area (Å²) in [6.07, 6.45) is 8.94. The molecule has 5 nitrogen and oxygen atoms in total. The van der Waals surface area contributed by atoms with Gasteiger partial charge in [0.25, 0.3) is 0 Å². The topological polar surface area (TPSA) is 60.2 Å². The number of likely N-dealkylation sites (tertiary alicyclic amines) is 2. The molecule has 1 aromatic carbocycles. The molecule has 0 spiro atoms. The largest absolute Gasteiger partial charge is 0.339 e. The Labute approximate surface area is 186 Å². The molecule has 1 amide bonds. The molecule has 0 saturated carbocycles. The fourth-order valence-corrected chi connectivity index (χ4v) is 5.66. The van der Waals surface area contributed by atoms with Crippen LogP contribution in [0.25, 0.3) is 10.9 Å². The summed E-state index contributed by atoms with van der Waals surface area (Å²) in [4.78, 5) is 22.3. The average Bonchev–Trinajstić information content (AvgIpc) is 2.82. The average molecular weight is 419 g/mol. The Kier molecular flexibility index (Phi) is 6.87. The van der Waals surface area contributed by atoms with Crippen molar-refractivity contribution in [3.63, 3.8) is 0 Å². The molecule has 4 rings (SSSR count). The predicted octanol–water partition coefficient (Wildman–Crippen LogP) is 4.71. The molecule has 164 valence electrons. The van der Waals surface area contributed by atoms with Crippen molar-refractivity contribution in [3.05, 3.63) is 41.6 Å². The van der Waals surface area contributed by atoms with Crippen molar-refractivity contribution >= 4 is 16.8 Å². The molecule has 0 bridgehead atoms. The number of amides is 1. The van der Waals surface area contributed by atoms with Crippen LogP contribution >= 0.6 is 0 Å². The molecule has 0 N–H and O–H groups in total. The van der Waals surface area contributed by atoms with Gasteiger partial charge in [-0.3, -0.25) is 9.78 Å². The van der Waals surface area contributed by atoms with E-state index in [0.717, 1.165) is 56.2 Å². The van der Waals surface area contributed by atoms with Gasteiger partial charge in [0, 0.05) is 36.5 Å². The molecular weight excluding hydrogens is 384 g/mol. The molecule has 0 aliphatic carbocycles. The van der Waals surface area contributed by atoms with E-state index in [1.807, 2.05) is 12.1 Å². The SMILES string of the molecule is CCC1C(c2ccc(C#N)c3ncccc23)CCCN1C(=O)CCC1CCN(C)CC1. The van der Waals surface area contributed by atoms with Crippen LogP contribution in [-0.2, 0) is 4.79 Å². The van der Waals surface area contributed by atoms with Crippen molar-refractivity contribution in [2.75, 3.05) is 26.7 Å². The van der Waals surface area contributed by atoms with Gasteiger partial charge in [-0.2, -0.15) is 5.26 Å². The van der Waals surface area contributed by atoms with Crippen LogP contribution in [0.5, 0.6) is 0 Å². The van der Waals surface area contributed by atoms with Crippen molar-refractivity contribution in [1.82, 2.24) is 14.8 Å². The van der Waals surface area contributed by atoms with Gasteiger partial charge in [-0.25, -0.2) is 0 Å². The van der Waals surface area contributed by atoms with Crippen LogP contribution in [0.1, 0.15) is 68.9 Å². The van der Waals surface area contributed by atoms with Crippen LogP contribution in [0.3, 0.4) is 0 Å². The first-order valence-corrected chi connectivity index (χ1v) is 11.9. The molecule has 2 aromatic rings. The van der Waals surface area contributed by atoms with Gasteiger partial charge in [-0.05, 0) is 82.3 Å². The van der Waals surface area contributed by atoms with Crippen LogP contribution < -0.4 is 0 Å². The third kappa shape index (κ3) is 4.60. The maximum absolute atomic E-state index is 13.3. The van der Waals surface area contributed by atoms with Gasteiger partial charge in [-0.1, -0.05) is 19.1 Å². The molecule has 2 saturated heterocycles. The molecule has 2 aliphatic rings. The first kappa shape index (κ1) is 21.8. The van der Waals surface area contributed by atoms with E-state index in [1.54, 1.807) is 6.20 Å². The van der Waals surface area contributed by atoms with E-state index in [9.17, 15) is 10.1 Å². The molecule has 2 fully saturated rings. The number of pyridine rings is 1. The Hall–Kier alpha value is -2.45. The molecule has 5 heteroatoms. The zero-order valence-electron chi connectivity index (χ0n) is 18.9. The third-order valence-corrected chi connectivity index (χ3v) is 7.45. The van der Waals surface area contributed by atoms with Crippen LogP contribution in [0.2, 0.25) is 0 Å². The number of benzene rings is 1. The molecule has 1 aromatic heterocycles. The lowest BCUT2D eigenvalue weighted by Gasteiger charge is -2.42. The molecule has 31 heavy (non-hydrogen) atoms. The number of piperidine rings is 2. The number of rotatable bonds is 5. The molecule has 2 atom stereocenters. The number of aromatic nitrogens is 1. The zero-order chi connectivity index (χ0) is 21.8. The van der Waals surface area contributed by atoms with Crippen molar-refractivity contribution < 1.29 is 4.79 Å². The van der Waals surface area contributed by atoms with Gasteiger partial charge >= 0.3 is 0 Å². The first-order valence-electron chi connectivity index (χ1n) is 11.9. The summed E-state index contributed by atoms with van der Waals surface area (Å²) < 4.78 is 0. The lowest BCUT2D eigenvalue weighted by atomic mass is 9.80. The molecule has 2 unspecified atom stereocenters. The molecular formula is C26H34N4O. The summed E-state index contributed by atoms with van der Waals surface area (Å²) in [7, 11) is 2.18. The van der Waals surface area contributed by atoms with Crippen LogP contribution in [0.15, 0.2) is 30.5 Å². The number of nitriles is 1. The Balaban J connectivity index is 1.52. The van der Waals surface area contributed by atoms with E-state index in [-0.39, 0.29) is 6.04 Å². The van der Waals surface area contributed by atoms with E-state index < -0.39 is 0 Å². The second kappa shape index (κ2) is 9.78. The van der Waals surface area contributed by atoms with E-state index in [0.29, 0.717) is 29.7 Å². The van der Waals surface area contributed by atoms with Gasteiger partial charge in [0.1, 0.15) is 6.07 Å². The summed E-state index contributed by atoms with van der Waals surface area (Å²) >= 11 is 0. The van der Waals surface area contributed by atoms with Gasteiger partial charge in [0.05, 0.1) is 11.1 Å². The highest BCUT2D eigenvalue weighted by Gasteiger charge is 2.35. The Morgan fingerprint density at radius 1 is 1.19 bits per heavy atom. The number of carbonyl (C=O) groups is 1. The van der Waals surface area contributed by atoms with Crippen molar-refractivity contribution in [2.24, 2.45) is 5.92 Å². The molecule has 0 radical (unpaired) electrons. The van der Waals surface area contributed by atoms with Crippen LogP contribution in [-0.4, -0.2) is 53.4 Å². The van der Waals surface area contributed by atoms with E-state index in [4.69, 9.17) is 0 Å². The molecule has 3 heterocycles. The van der Waals surface area contributed by atoms with Crippen molar-refractivity contribution in [1.29, 1.82) is 5.26 Å². The van der Waals surface area contributed by atoms with E-state index >= 15 is 0 Å². The van der Waals surface area contributed by atoms with Gasteiger partial charge < -0.3 is 9.80 Å². The normalized spacial score (nSPS) is 23.1. The number of hydrogen-bond donors (Lipinski definition) is 0. The standard InChI is InChI=1S/C26H34N4O/c1-3-24-22(21-10-9-20(18-27)26-23(21)6-4-14-28-26)7-5-15-30(24)25(31)11-8-19-12-16-29(2)17-13-19/h4,6,9-10,14,19,22,24H,3,5,7-8,11-13,15-17H2,1-2H3. The fraction of sp³-hybridized carbons (Fsp3) is 0.577. The number of nitrogens with zero attached hydrogens (tertiary/aromatic N) is 4. The summed E-state index contributed by atoms with van der Waals surface area (Å²) in [6.45, 7) is 5.38. The van der Waals surface area contributed by atoms with Crippen LogP contribution in [0, 0.1) is 17.2 Å². The Bertz CT molecular complexity index is 958. The van der Waals surface area contributed by atoms with Crippen molar-refractivity contribution in [3.8, 4) is 6.07 Å². The number of carbonyl (C=O) groups excluding carboxylic acids is 1. The second-order valence-electron chi connectivity index (χ2n) is 9.31. The lowest BCUT2D eigenvalue weighted by molar-refractivity contribution is -0.136. The Morgan fingerprint density at radius 2 is 2.00 bits per heavy atom. The highest BCUT2D eigenvalue weighted by atomic mass is 16.2. The van der Waals surface area contributed by atoms with E-state index in [1.165, 1.54) is 18.4 Å². The van der Waals surface area contributed by atoms with E-state index in [2.05, 4.69) is 47.0 Å². The quantitative estimate of drug-likeness (QED) is 0.705. The highest BCUT2D eigenvalue weighted by Crippen LogP contribution is 2.38.